The molecule has 26 heavy (non-hydrogen) atoms. The summed E-state index contributed by atoms with van der Waals surface area (Å²) in [5, 5.41) is 11.3. The molecule has 8 heteroatoms. The molecule has 4 aromatic rings. The average Bonchev–Trinajstić information content (AvgIpc) is 3.14. The molecule has 0 atom stereocenters. The number of aromatic nitrogens is 5. The molecule has 0 spiro atoms. The first-order valence-electron chi connectivity index (χ1n) is 7.69. The lowest BCUT2D eigenvalue weighted by Gasteiger charge is -2.09. The zero-order valence-electron chi connectivity index (χ0n) is 13.3. The molecule has 0 amide bonds. The van der Waals surface area contributed by atoms with Crippen LogP contribution in [-0.4, -0.2) is 25.2 Å². The predicted octanol–water partition coefficient (Wildman–Crippen LogP) is 3.25. The van der Waals surface area contributed by atoms with Gasteiger partial charge in [0.2, 0.25) is 0 Å². The predicted molar refractivity (Wildman–Crippen MR) is 92.1 cm³/mol. The van der Waals surface area contributed by atoms with Gasteiger partial charge in [0.15, 0.2) is 17.5 Å². The Balaban J connectivity index is 1.88. The monoisotopic (exact) mass is 350 g/mol. The minimum absolute atomic E-state index is 0.116. The number of tetrazole rings is 1. The summed E-state index contributed by atoms with van der Waals surface area (Å²) in [5.41, 5.74) is 8.01. The van der Waals surface area contributed by atoms with Crippen LogP contribution in [0.2, 0.25) is 0 Å². The van der Waals surface area contributed by atoms with Crippen LogP contribution in [0.25, 0.3) is 28.2 Å². The van der Waals surface area contributed by atoms with E-state index in [-0.39, 0.29) is 17.3 Å². The SMILES string of the molecule is Nc1ncc(-c2ccccc2)cc1-c1nnnn1-c1cccc(F)c1F. The fourth-order valence-corrected chi connectivity index (χ4v) is 2.62. The molecular formula is C18H12F2N6. The van der Waals surface area contributed by atoms with Gasteiger partial charge in [0.05, 0.1) is 5.56 Å². The second-order valence-corrected chi connectivity index (χ2v) is 5.51. The number of hydrogen-bond acceptors (Lipinski definition) is 5. The highest BCUT2D eigenvalue weighted by Crippen LogP contribution is 2.29. The van der Waals surface area contributed by atoms with E-state index in [0.29, 0.717) is 5.56 Å². The molecule has 2 aromatic carbocycles. The standard InChI is InChI=1S/C18H12F2N6/c19-14-7-4-8-15(16(14)20)26-18(23-24-25-26)13-9-12(10-22-17(13)21)11-5-2-1-3-6-11/h1-10H,(H2,21,22). The van der Waals surface area contributed by atoms with Crippen LogP contribution >= 0.6 is 0 Å². The molecular weight excluding hydrogens is 338 g/mol. The Bertz CT molecular complexity index is 1080. The summed E-state index contributed by atoms with van der Waals surface area (Å²) in [6.45, 7) is 0. The highest BCUT2D eigenvalue weighted by Gasteiger charge is 2.19. The third kappa shape index (κ3) is 2.67. The van der Waals surface area contributed by atoms with Crippen molar-refractivity contribution in [3.05, 3.63) is 72.4 Å². The van der Waals surface area contributed by atoms with Gasteiger partial charge >= 0.3 is 0 Å². The number of nitrogens with zero attached hydrogens (tertiary/aromatic N) is 5. The summed E-state index contributed by atoms with van der Waals surface area (Å²) in [7, 11) is 0. The van der Waals surface area contributed by atoms with E-state index in [4.69, 9.17) is 5.73 Å². The van der Waals surface area contributed by atoms with Gasteiger partial charge in [0.1, 0.15) is 11.5 Å². The van der Waals surface area contributed by atoms with Crippen molar-refractivity contribution in [2.24, 2.45) is 0 Å². The van der Waals surface area contributed by atoms with E-state index < -0.39 is 11.6 Å². The maximum absolute atomic E-state index is 14.2. The first-order chi connectivity index (χ1) is 12.6. The molecule has 6 nitrogen and oxygen atoms in total. The lowest BCUT2D eigenvalue weighted by molar-refractivity contribution is 0.501. The van der Waals surface area contributed by atoms with Crippen molar-refractivity contribution < 1.29 is 8.78 Å². The van der Waals surface area contributed by atoms with Gasteiger partial charge in [0, 0.05) is 11.8 Å². The van der Waals surface area contributed by atoms with Crippen molar-refractivity contribution in [1.82, 2.24) is 25.2 Å². The van der Waals surface area contributed by atoms with Crippen molar-refractivity contribution >= 4 is 5.82 Å². The zero-order chi connectivity index (χ0) is 18.1. The van der Waals surface area contributed by atoms with E-state index in [1.165, 1.54) is 12.1 Å². The van der Waals surface area contributed by atoms with Crippen LogP contribution < -0.4 is 5.73 Å². The molecule has 0 bridgehead atoms. The summed E-state index contributed by atoms with van der Waals surface area (Å²) in [4.78, 5) is 4.19. The molecule has 2 heterocycles. The topological polar surface area (TPSA) is 82.5 Å². The smallest absolute Gasteiger partial charge is 0.190 e. The number of rotatable bonds is 3. The molecule has 4 rings (SSSR count). The Hall–Kier alpha value is -3.68. The maximum Gasteiger partial charge on any atom is 0.190 e. The maximum atomic E-state index is 14.2. The van der Waals surface area contributed by atoms with E-state index in [1.54, 1.807) is 12.3 Å². The lowest BCUT2D eigenvalue weighted by atomic mass is 10.1. The number of nitrogens with two attached hydrogens (primary N) is 1. The van der Waals surface area contributed by atoms with Gasteiger partial charge in [-0.3, -0.25) is 0 Å². The van der Waals surface area contributed by atoms with Crippen molar-refractivity contribution in [2.45, 2.75) is 0 Å². The van der Waals surface area contributed by atoms with Gasteiger partial charge in [0.25, 0.3) is 0 Å². The summed E-state index contributed by atoms with van der Waals surface area (Å²) in [5.74, 6) is -1.70. The number of halogens is 2. The highest BCUT2D eigenvalue weighted by molar-refractivity contribution is 5.76. The third-order valence-corrected chi connectivity index (χ3v) is 3.90. The Morgan fingerprint density at radius 3 is 2.54 bits per heavy atom. The molecule has 0 aliphatic heterocycles. The molecule has 0 fully saturated rings. The minimum Gasteiger partial charge on any atom is -0.383 e. The number of pyridine rings is 1. The quantitative estimate of drug-likeness (QED) is 0.613. The van der Waals surface area contributed by atoms with Gasteiger partial charge in [-0.25, -0.2) is 13.8 Å². The van der Waals surface area contributed by atoms with E-state index in [0.717, 1.165) is 21.9 Å². The Morgan fingerprint density at radius 1 is 0.923 bits per heavy atom. The van der Waals surface area contributed by atoms with E-state index in [2.05, 4.69) is 20.5 Å². The first-order valence-corrected chi connectivity index (χ1v) is 7.69. The number of anilines is 1. The molecule has 0 aliphatic carbocycles. The van der Waals surface area contributed by atoms with Crippen molar-refractivity contribution in [3.8, 4) is 28.2 Å². The molecule has 0 saturated heterocycles. The van der Waals surface area contributed by atoms with E-state index >= 15 is 0 Å². The van der Waals surface area contributed by atoms with Gasteiger partial charge in [-0.15, -0.1) is 5.10 Å². The molecule has 128 valence electrons. The molecule has 0 saturated carbocycles. The lowest BCUT2D eigenvalue weighted by Crippen LogP contribution is -2.06. The van der Waals surface area contributed by atoms with Crippen molar-refractivity contribution in [1.29, 1.82) is 0 Å². The second kappa shape index (κ2) is 6.32. The van der Waals surface area contributed by atoms with Crippen LogP contribution in [0.3, 0.4) is 0 Å². The molecule has 2 aromatic heterocycles. The summed E-state index contributed by atoms with van der Waals surface area (Å²) >= 11 is 0. The highest BCUT2D eigenvalue weighted by atomic mass is 19.2. The van der Waals surface area contributed by atoms with E-state index in [9.17, 15) is 8.78 Å². The molecule has 0 unspecified atom stereocenters. The van der Waals surface area contributed by atoms with Crippen LogP contribution in [0.15, 0.2) is 60.8 Å². The fourth-order valence-electron chi connectivity index (χ4n) is 2.62. The van der Waals surface area contributed by atoms with Gasteiger partial charge in [-0.1, -0.05) is 36.4 Å². The molecule has 0 aliphatic rings. The largest absolute Gasteiger partial charge is 0.383 e. The summed E-state index contributed by atoms with van der Waals surface area (Å²) < 4.78 is 28.8. The minimum atomic E-state index is -1.05. The van der Waals surface area contributed by atoms with Gasteiger partial charge in [-0.05, 0) is 34.2 Å². The normalized spacial score (nSPS) is 10.8. The van der Waals surface area contributed by atoms with Gasteiger partial charge in [-0.2, -0.15) is 4.68 Å². The van der Waals surface area contributed by atoms with Crippen molar-refractivity contribution in [3.63, 3.8) is 0 Å². The van der Waals surface area contributed by atoms with Crippen LogP contribution in [-0.2, 0) is 0 Å². The van der Waals surface area contributed by atoms with E-state index in [1.807, 2.05) is 30.3 Å². The number of nitrogen functional groups attached to an aromatic ring is 1. The summed E-state index contributed by atoms with van der Waals surface area (Å²) in [6.07, 6.45) is 1.63. The van der Waals surface area contributed by atoms with Crippen LogP contribution in [0.5, 0.6) is 0 Å². The first kappa shape index (κ1) is 15.8. The summed E-state index contributed by atoms with van der Waals surface area (Å²) in [6, 6.07) is 15.1. The van der Waals surface area contributed by atoms with Crippen LogP contribution in [0.4, 0.5) is 14.6 Å². The zero-order valence-corrected chi connectivity index (χ0v) is 13.3. The third-order valence-electron chi connectivity index (χ3n) is 3.90. The van der Waals surface area contributed by atoms with Crippen LogP contribution in [0.1, 0.15) is 0 Å². The Kier molecular flexibility index (Phi) is 3.85. The Labute approximate surface area is 146 Å². The second-order valence-electron chi connectivity index (χ2n) is 5.51. The number of hydrogen-bond donors (Lipinski definition) is 1. The molecule has 2 N–H and O–H groups in total. The fraction of sp³-hybridized carbons (Fsp3) is 0. The molecule has 0 radical (unpaired) electrons. The van der Waals surface area contributed by atoms with Crippen molar-refractivity contribution in [2.75, 3.05) is 5.73 Å². The van der Waals surface area contributed by atoms with Gasteiger partial charge < -0.3 is 5.73 Å². The average molecular weight is 350 g/mol. The number of benzene rings is 2. The Morgan fingerprint density at radius 2 is 1.73 bits per heavy atom. The van der Waals surface area contributed by atoms with Crippen LogP contribution in [0, 0.1) is 11.6 Å².